The molecule has 2 aliphatic rings. The van der Waals surface area contributed by atoms with E-state index in [1.165, 1.54) is 11.3 Å². The van der Waals surface area contributed by atoms with Gasteiger partial charge in [-0.1, -0.05) is 38.3 Å². The monoisotopic (exact) mass is 430 g/mol. The van der Waals surface area contributed by atoms with Crippen molar-refractivity contribution in [3.8, 4) is 5.75 Å². The van der Waals surface area contributed by atoms with Gasteiger partial charge in [0.25, 0.3) is 5.91 Å². The van der Waals surface area contributed by atoms with Crippen LogP contribution in [-0.4, -0.2) is 54.5 Å². The second kappa shape index (κ2) is 11.7. The molecule has 1 heterocycles. The van der Waals surface area contributed by atoms with Gasteiger partial charge in [-0.3, -0.25) is 14.4 Å². The number of benzene rings is 1. The van der Waals surface area contributed by atoms with Crippen LogP contribution < -0.4 is 10.1 Å². The van der Waals surface area contributed by atoms with Gasteiger partial charge in [0, 0.05) is 13.1 Å². The van der Waals surface area contributed by atoms with Crippen molar-refractivity contribution in [2.75, 3.05) is 19.7 Å². The minimum absolute atomic E-state index is 0.0747. The van der Waals surface area contributed by atoms with Crippen molar-refractivity contribution in [1.82, 2.24) is 10.2 Å². The molecular formula is C24H34N2O5. The first-order valence-corrected chi connectivity index (χ1v) is 11.6. The van der Waals surface area contributed by atoms with E-state index in [2.05, 4.69) is 12.2 Å². The summed E-state index contributed by atoms with van der Waals surface area (Å²) in [6.07, 6.45) is 7.88. The topological polar surface area (TPSA) is 84.9 Å². The van der Waals surface area contributed by atoms with E-state index in [1.54, 1.807) is 18.2 Å². The molecule has 1 saturated heterocycles. The molecule has 0 aromatic heterocycles. The highest BCUT2D eigenvalue weighted by Gasteiger charge is 2.37. The number of nitrogens with zero attached hydrogens (tertiary/aromatic N) is 1. The zero-order chi connectivity index (χ0) is 22.1. The smallest absolute Gasteiger partial charge is 0.308 e. The molecule has 1 N–H and O–H groups in total. The number of ether oxygens (including phenoxy) is 2. The predicted octanol–water partition coefficient (Wildman–Crippen LogP) is 3.46. The molecular weight excluding hydrogens is 396 g/mol. The van der Waals surface area contributed by atoms with Crippen LogP contribution in [0.4, 0.5) is 0 Å². The zero-order valence-electron chi connectivity index (χ0n) is 18.4. The summed E-state index contributed by atoms with van der Waals surface area (Å²) in [5.41, 5.74) is 0.416. The number of hydrogen-bond donors (Lipinski definition) is 1. The average molecular weight is 431 g/mol. The summed E-state index contributed by atoms with van der Waals surface area (Å²) in [5.74, 6) is -0.521. The van der Waals surface area contributed by atoms with Crippen molar-refractivity contribution in [3.05, 3.63) is 29.8 Å². The fraction of sp³-hybridized carbons (Fsp3) is 0.625. The van der Waals surface area contributed by atoms with Crippen molar-refractivity contribution in [1.29, 1.82) is 0 Å². The number of rotatable bonds is 9. The Labute approximate surface area is 184 Å². The fourth-order valence-electron chi connectivity index (χ4n) is 4.19. The third-order valence-corrected chi connectivity index (χ3v) is 5.92. The molecule has 31 heavy (non-hydrogen) atoms. The number of unbranched alkanes of at least 4 members (excludes halogenated alkanes) is 2. The maximum Gasteiger partial charge on any atom is 0.308 e. The highest BCUT2D eigenvalue weighted by molar-refractivity contribution is 6.01. The van der Waals surface area contributed by atoms with Crippen molar-refractivity contribution in [3.63, 3.8) is 0 Å². The molecule has 0 spiro atoms. The normalized spacial score (nSPS) is 19.6. The highest BCUT2D eigenvalue weighted by Crippen LogP contribution is 2.24. The van der Waals surface area contributed by atoms with Crippen LogP contribution in [0.1, 0.15) is 75.1 Å². The van der Waals surface area contributed by atoms with Crippen LogP contribution in [0, 0.1) is 0 Å². The summed E-state index contributed by atoms with van der Waals surface area (Å²) in [6.45, 7) is 3.36. The van der Waals surface area contributed by atoms with Gasteiger partial charge in [0.2, 0.25) is 5.91 Å². The first-order chi connectivity index (χ1) is 15.1. The molecule has 1 aliphatic heterocycles. The van der Waals surface area contributed by atoms with Gasteiger partial charge >= 0.3 is 5.97 Å². The number of para-hydroxylation sites is 1. The summed E-state index contributed by atoms with van der Waals surface area (Å²) < 4.78 is 11.4. The minimum atomic E-state index is -0.870. The van der Waals surface area contributed by atoms with Gasteiger partial charge in [-0.2, -0.15) is 0 Å². The first kappa shape index (κ1) is 23.1. The van der Waals surface area contributed by atoms with Crippen LogP contribution in [0.25, 0.3) is 0 Å². The van der Waals surface area contributed by atoms with E-state index in [0.717, 1.165) is 44.9 Å². The number of nitrogens with one attached hydrogen (secondary N) is 1. The van der Waals surface area contributed by atoms with Gasteiger partial charge in [-0.05, 0) is 44.2 Å². The molecule has 1 atom stereocenters. The molecule has 1 aromatic carbocycles. The van der Waals surface area contributed by atoms with Gasteiger partial charge in [0.05, 0.1) is 18.6 Å². The van der Waals surface area contributed by atoms with Crippen molar-refractivity contribution in [2.45, 2.75) is 76.9 Å². The van der Waals surface area contributed by atoms with E-state index in [4.69, 9.17) is 9.47 Å². The Morgan fingerprint density at radius 2 is 1.90 bits per heavy atom. The Bertz CT molecular complexity index is 760. The van der Waals surface area contributed by atoms with Gasteiger partial charge in [0.1, 0.15) is 17.9 Å². The standard InChI is InChI=1S/C24H34N2O5/c1-2-3-9-16-30-21-13-8-7-12-19(21)24(29)26-15-14-25-23(28)20(26)17-22(27)31-18-10-5-4-6-11-18/h7-8,12-13,18,20H,2-6,9-11,14-17H2,1H3,(H,25,28). The maximum absolute atomic E-state index is 13.4. The average Bonchev–Trinajstić information content (AvgIpc) is 2.78. The summed E-state index contributed by atoms with van der Waals surface area (Å²) in [7, 11) is 0. The molecule has 0 radical (unpaired) electrons. The van der Waals surface area contributed by atoms with Crippen LogP contribution in [0.3, 0.4) is 0 Å². The lowest BCUT2D eigenvalue weighted by Gasteiger charge is -2.35. The van der Waals surface area contributed by atoms with Crippen LogP contribution in [-0.2, 0) is 14.3 Å². The van der Waals surface area contributed by atoms with Crippen molar-refractivity contribution >= 4 is 17.8 Å². The van der Waals surface area contributed by atoms with Gasteiger partial charge in [-0.25, -0.2) is 0 Å². The van der Waals surface area contributed by atoms with Crippen LogP contribution in [0.5, 0.6) is 5.75 Å². The van der Waals surface area contributed by atoms with E-state index >= 15 is 0 Å². The minimum Gasteiger partial charge on any atom is -0.493 e. The molecule has 2 amide bonds. The Hall–Kier alpha value is -2.57. The Morgan fingerprint density at radius 3 is 2.68 bits per heavy atom. The lowest BCUT2D eigenvalue weighted by atomic mass is 9.98. The van der Waals surface area contributed by atoms with E-state index in [-0.39, 0.29) is 24.3 Å². The number of esters is 1. The van der Waals surface area contributed by atoms with E-state index in [0.29, 0.717) is 31.0 Å². The summed E-state index contributed by atoms with van der Waals surface area (Å²) in [6, 6.07) is 6.22. The Kier molecular flexibility index (Phi) is 8.74. The van der Waals surface area contributed by atoms with Gasteiger partial charge in [0.15, 0.2) is 0 Å². The highest BCUT2D eigenvalue weighted by atomic mass is 16.5. The number of piperazine rings is 1. The van der Waals surface area contributed by atoms with Crippen molar-refractivity contribution < 1.29 is 23.9 Å². The van der Waals surface area contributed by atoms with Crippen LogP contribution >= 0.6 is 0 Å². The second-order valence-electron chi connectivity index (χ2n) is 8.31. The lowest BCUT2D eigenvalue weighted by Crippen LogP contribution is -2.58. The molecule has 1 aromatic rings. The molecule has 7 heteroatoms. The molecule has 7 nitrogen and oxygen atoms in total. The lowest BCUT2D eigenvalue weighted by molar-refractivity contribution is -0.153. The molecule has 0 bridgehead atoms. The molecule has 170 valence electrons. The molecule has 3 rings (SSSR count). The second-order valence-corrected chi connectivity index (χ2v) is 8.31. The summed E-state index contributed by atoms with van der Waals surface area (Å²) in [4.78, 5) is 39.9. The fourth-order valence-corrected chi connectivity index (χ4v) is 4.19. The third kappa shape index (κ3) is 6.45. The summed E-state index contributed by atoms with van der Waals surface area (Å²) >= 11 is 0. The Morgan fingerprint density at radius 1 is 1.13 bits per heavy atom. The molecule has 1 aliphatic carbocycles. The summed E-state index contributed by atoms with van der Waals surface area (Å²) in [5, 5.41) is 2.77. The third-order valence-electron chi connectivity index (χ3n) is 5.92. The van der Waals surface area contributed by atoms with Gasteiger partial charge < -0.3 is 19.7 Å². The van der Waals surface area contributed by atoms with E-state index < -0.39 is 12.0 Å². The Balaban J connectivity index is 1.68. The van der Waals surface area contributed by atoms with E-state index in [1.807, 2.05) is 6.07 Å². The molecule has 1 unspecified atom stereocenters. The van der Waals surface area contributed by atoms with Crippen LogP contribution in [0.15, 0.2) is 24.3 Å². The SMILES string of the molecule is CCCCCOc1ccccc1C(=O)N1CCNC(=O)C1CC(=O)OC1CCCCC1. The number of carbonyl (C=O) groups is 3. The van der Waals surface area contributed by atoms with Crippen molar-refractivity contribution in [2.24, 2.45) is 0 Å². The zero-order valence-corrected chi connectivity index (χ0v) is 18.4. The molecule has 1 saturated carbocycles. The number of hydrogen-bond acceptors (Lipinski definition) is 5. The first-order valence-electron chi connectivity index (χ1n) is 11.6. The van der Waals surface area contributed by atoms with E-state index in [9.17, 15) is 14.4 Å². The predicted molar refractivity (Wildman–Crippen MR) is 117 cm³/mol. The van der Waals surface area contributed by atoms with Gasteiger partial charge in [-0.15, -0.1) is 0 Å². The maximum atomic E-state index is 13.4. The largest absolute Gasteiger partial charge is 0.493 e. The number of amides is 2. The molecule has 2 fully saturated rings. The van der Waals surface area contributed by atoms with Crippen LogP contribution in [0.2, 0.25) is 0 Å². The number of carbonyl (C=O) groups excluding carboxylic acids is 3. The quantitative estimate of drug-likeness (QED) is 0.479.